The molecule has 5 nitrogen and oxygen atoms in total. The van der Waals surface area contributed by atoms with Gasteiger partial charge in [-0.1, -0.05) is 29.8 Å². The average molecular weight is 355 g/mol. The van der Waals surface area contributed by atoms with Gasteiger partial charge in [0.05, 0.1) is 5.69 Å². The zero-order valence-corrected chi connectivity index (χ0v) is 13.3. The molecule has 0 bridgehead atoms. The molecule has 8 heteroatoms. The first-order valence-electron chi connectivity index (χ1n) is 6.77. The summed E-state index contributed by atoms with van der Waals surface area (Å²) in [6.45, 7) is 0. The lowest BCUT2D eigenvalue weighted by Crippen LogP contribution is -2.40. The topological polar surface area (TPSA) is 75.3 Å². The van der Waals surface area contributed by atoms with E-state index in [1.807, 2.05) is 16.9 Å². The van der Waals surface area contributed by atoms with E-state index in [1.54, 1.807) is 12.1 Å². The van der Waals surface area contributed by atoms with Crippen molar-refractivity contribution in [2.24, 2.45) is 0 Å². The molecule has 2 amide bonds. The fourth-order valence-electron chi connectivity index (χ4n) is 2.48. The summed E-state index contributed by atoms with van der Waals surface area (Å²) in [5, 5.41) is 2.93. The molecule has 0 spiro atoms. The van der Waals surface area contributed by atoms with Crippen LogP contribution in [-0.2, 0) is 22.9 Å². The van der Waals surface area contributed by atoms with Crippen molar-refractivity contribution in [1.82, 2.24) is 4.72 Å². The molecule has 0 saturated heterocycles. The number of anilines is 1. The van der Waals surface area contributed by atoms with Crippen molar-refractivity contribution in [3.63, 3.8) is 0 Å². The summed E-state index contributed by atoms with van der Waals surface area (Å²) >= 11 is 6.07. The van der Waals surface area contributed by atoms with Gasteiger partial charge in [0.15, 0.2) is 0 Å². The highest BCUT2D eigenvalue weighted by atomic mass is 35.5. The second-order valence-electron chi connectivity index (χ2n) is 5.05. The van der Waals surface area contributed by atoms with E-state index in [1.165, 1.54) is 0 Å². The SMILES string of the molecule is O=C1Nc2c(ccc(F)c2CCc2ccccc2Cl)S(=O)(=O)N1. The van der Waals surface area contributed by atoms with E-state index in [-0.39, 0.29) is 22.6 Å². The van der Waals surface area contributed by atoms with Crippen molar-refractivity contribution in [2.75, 3.05) is 5.32 Å². The van der Waals surface area contributed by atoms with Crippen LogP contribution in [0.5, 0.6) is 0 Å². The minimum absolute atomic E-state index is 0.0131. The summed E-state index contributed by atoms with van der Waals surface area (Å²) in [4.78, 5) is 11.3. The Morgan fingerprint density at radius 1 is 1.09 bits per heavy atom. The van der Waals surface area contributed by atoms with Crippen LogP contribution >= 0.6 is 11.6 Å². The molecule has 3 rings (SSSR count). The van der Waals surface area contributed by atoms with Gasteiger partial charge in [0.2, 0.25) is 0 Å². The molecule has 1 aliphatic rings. The molecule has 1 heterocycles. The largest absolute Gasteiger partial charge is 0.333 e. The van der Waals surface area contributed by atoms with E-state index in [4.69, 9.17) is 11.6 Å². The highest BCUT2D eigenvalue weighted by molar-refractivity contribution is 7.90. The number of hydrogen-bond donors (Lipinski definition) is 2. The molecule has 120 valence electrons. The molecule has 2 aromatic carbocycles. The van der Waals surface area contributed by atoms with Crippen molar-refractivity contribution < 1.29 is 17.6 Å². The van der Waals surface area contributed by atoms with Crippen LogP contribution in [0.3, 0.4) is 0 Å². The molecule has 23 heavy (non-hydrogen) atoms. The highest BCUT2D eigenvalue weighted by Crippen LogP contribution is 2.31. The van der Waals surface area contributed by atoms with E-state index in [0.29, 0.717) is 11.4 Å². The zero-order chi connectivity index (χ0) is 16.6. The molecule has 0 fully saturated rings. The lowest BCUT2D eigenvalue weighted by atomic mass is 10.0. The van der Waals surface area contributed by atoms with Gasteiger partial charge in [0, 0.05) is 10.6 Å². The number of urea groups is 1. The number of carbonyl (C=O) groups is 1. The Morgan fingerprint density at radius 2 is 1.83 bits per heavy atom. The summed E-state index contributed by atoms with van der Waals surface area (Å²) in [7, 11) is -3.98. The molecule has 0 atom stereocenters. The van der Waals surface area contributed by atoms with Gasteiger partial charge in [-0.3, -0.25) is 0 Å². The predicted octanol–water partition coefficient (Wildman–Crippen LogP) is 3.09. The summed E-state index contributed by atoms with van der Waals surface area (Å²) < 4.78 is 39.9. The van der Waals surface area contributed by atoms with Gasteiger partial charge in [-0.15, -0.1) is 0 Å². The van der Waals surface area contributed by atoms with Gasteiger partial charge in [-0.05, 0) is 36.6 Å². The second-order valence-corrected chi connectivity index (χ2v) is 7.11. The molecule has 0 aliphatic carbocycles. The van der Waals surface area contributed by atoms with E-state index >= 15 is 0 Å². The number of halogens is 2. The van der Waals surface area contributed by atoms with Gasteiger partial charge in [0.25, 0.3) is 10.0 Å². The van der Waals surface area contributed by atoms with Crippen LogP contribution in [-0.4, -0.2) is 14.4 Å². The van der Waals surface area contributed by atoms with Crippen LogP contribution in [0.2, 0.25) is 5.02 Å². The monoisotopic (exact) mass is 354 g/mol. The summed E-state index contributed by atoms with van der Waals surface area (Å²) in [5.74, 6) is -0.576. The van der Waals surface area contributed by atoms with Crippen LogP contribution in [0, 0.1) is 5.82 Å². The molecule has 0 unspecified atom stereocenters. The fourth-order valence-corrected chi connectivity index (χ4v) is 3.81. The average Bonchev–Trinajstić information content (AvgIpc) is 2.46. The summed E-state index contributed by atoms with van der Waals surface area (Å²) in [5.41, 5.74) is 0.941. The maximum Gasteiger partial charge on any atom is 0.333 e. The Kier molecular flexibility index (Phi) is 3.99. The van der Waals surface area contributed by atoms with E-state index < -0.39 is 21.9 Å². The number of rotatable bonds is 3. The highest BCUT2D eigenvalue weighted by Gasteiger charge is 2.30. The van der Waals surface area contributed by atoms with Gasteiger partial charge in [-0.25, -0.2) is 22.3 Å². The first-order chi connectivity index (χ1) is 10.9. The van der Waals surface area contributed by atoms with E-state index in [2.05, 4.69) is 5.32 Å². The van der Waals surface area contributed by atoms with Gasteiger partial charge in [-0.2, -0.15) is 0 Å². The Bertz CT molecular complexity index is 900. The summed E-state index contributed by atoms with van der Waals surface area (Å²) in [6, 6.07) is 8.45. The normalized spacial score (nSPS) is 15.5. The Morgan fingerprint density at radius 3 is 2.57 bits per heavy atom. The number of sulfonamides is 1. The second kappa shape index (κ2) is 5.82. The number of aryl methyl sites for hydroxylation is 1. The molecular weight excluding hydrogens is 343 g/mol. The lowest BCUT2D eigenvalue weighted by Gasteiger charge is -2.21. The Labute approximate surface area is 137 Å². The van der Waals surface area contributed by atoms with Crippen molar-refractivity contribution in [3.8, 4) is 0 Å². The molecule has 2 N–H and O–H groups in total. The van der Waals surface area contributed by atoms with Crippen molar-refractivity contribution in [3.05, 3.63) is 58.4 Å². The molecule has 1 aliphatic heterocycles. The van der Waals surface area contributed by atoms with Crippen molar-refractivity contribution >= 4 is 33.3 Å². The third kappa shape index (κ3) is 3.02. The minimum atomic E-state index is -3.98. The molecule has 0 radical (unpaired) electrons. The quantitative estimate of drug-likeness (QED) is 0.889. The number of carbonyl (C=O) groups excluding carboxylic acids is 1. The van der Waals surface area contributed by atoms with Crippen molar-refractivity contribution in [1.29, 1.82) is 0 Å². The van der Waals surface area contributed by atoms with Crippen LogP contribution in [0.25, 0.3) is 0 Å². The fraction of sp³-hybridized carbons (Fsp3) is 0.133. The third-order valence-electron chi connectivity index (χ3n) is 3.57. The molecule has 2 aromatic rings. The van der Waals surface area contributed by atoms with Crippen LogP contribution in [0.15, 0.2) is 41.3 Å². The smallest absolute Gasteiger partial charge is 0.305 e. The number of hydrogen-bond acceptors (Lipinski definition) is 3. The van der Waals surface area contributed by atoms with Gasteiger partial charge in [0.1, 0.15) is 10.7 Å². The number of nitrogens with one attached hydrogen (secondary N) is 2. The number of benzene rings is 2. The third-order valence-corrected chi connectivity index (χ3v) is 5.32. The standard InChI is InChI=1S/C15H12ClFN2O3S/c16-11-4-2-1-3-9(11)5-6-10-12(17)7-8-13-14(10)18-15(20)19-23(13,21)22/h1-4,7-8H,5-6H2,(H2,18,19,20). The Balaban J connectivity index is 2.00. The first kappa shape index (κ1) is 15.8. The maximum atomic E-state index is 14.2. The number of amides is 2. The van der Waals surface area contributed by atoms with Crippen molar-refractivity contribution in [2.45, 2.75) is 17.7 Å². The van der Waals surface area contributed by atoms with Crippen LogP contribution in [0.4, 0.5) is 14.9 Å². The van der Waals surface area contributed by atoms with Crippen LogP contribution < -0.4 is 10.0 Å². The first-order valence-corrected chi connectivity index (χ1v) is 8.63. The zero-order valence-electron chi connectivity index (χ0n) is 11.8. The molecule has 0 aromatic heterocycles. The minimum Gasteiger partial charge on any atom is -0.305 e. The van der Waals surface area contributed by atoms with Gasteiger partial charge >= 0.3 is 6.03 Å². The van der Waals surface area contributed by atoms with E-state index in [9.17, 15) is 17.6 Å². The molecular formula is C15H12ClFN2O3S. The lowest BCUT2D eigenvalue weighted by molar-refractivity contribution is 0.256. The van der Waals surface area contributed by atoms with Gasteiger partial charge < -0.3 is 5.32 Å². The maximum absolute atomic E-state index is 14.2. The Hall–Kier alpha value is -2.12. The predicted molar refractivity (Wildman–Crippen MR) is 84.6 cm³/mol. The summed E-state index contributed by atoms with van der Waals surface area (Å²) in [6.07, 6.45) is 0.616. The van der Waals surface area contributed by atoms with E-state index in [0.717, 1.165) is 17.7 Å². The number of fused-ring (bicyclic) bond motifs is 1. The van der Waals surface area contributed by atoms with Crippen LogP contribution in [0.1, 0.15) is 11.1 Å². The molecule has 0 saturated carbocycles.